The number of anilines is 1. The number of nitrogens with one attached hydrogen (secondary N) is 1. The van der Waals surface area contributed by atoms with E-state index >= 15 is 0 Å². The van der Waals surface area contributed by atoms with Crippen LogP contribution in [0.15, 0.2) is 59.8 Å². The first kappa shape index (κ1) is 18.0. The molecule has 0 aliphatic carbocycles. The molecule has 26 heavy (non-hydrogen) atoms. The lowest BCUT2D eigenvalue weighted by Gasteiger charge is -2.07. The van der Waals surface area contributed by atoms with E-state index in [2.05, 4.69) is 9.82 Å². The molecule has 0 aliphatic rings. The fourth-order valence-electron chi connectivity index (χ4n) is 2.25. The molecule has 0 saturated heterocycles. The van der Waals surface area contributed by atoms with Crippen molar-refractivity contribution in [2.24, 2.45) is 0 Å². The molecule has 0 saturated carbocycles. The maximum absolute atomic E-state index is 12.5. The summed E-state index contributed by atoms with van der Waals surface area (Å²) in [5.74, 6) is -1.19. The summed E-state index contributed by atoms with van der Waals surface area (Å²) in [6.07, 6.45) is 2.62. The molecule has 134 valence electrons. The van der Waals surface area contributed by atoms with Crippen molar-refractivity contribution in [1.29, 1.82) is 0 Å². The van der Waals surface area contributed by atoms with Crippen LogP contribution in [-0.2, 0) is 10.0 Å². The number of halogens is 1. The summed E-state index contributed by atoms with van der Waals surface area (Å²) in [6, 6.07) is 11.3. The molecule has 0 radical (unpaired) electrons. The predicted molar refractivity (Wildman–Crippen MR) is 97.5 cm³/mol. The minimum atomic E-state index is -3.90. The molecule has 0 spiro atoms. The summed E-state index contributed by atoms with van der Waals surface area (Å²) in [4.78, 5) is 10.9. The van der Waals surface area contributed by atoms with Gasteiger partial charge in [0.15, 0.2) is 0 Å². The van der Waals surface area contributed by atoms with Gasteiger partial charge >= 0.3 is 5.97 Å². The number of benzene rings is 2. The molecule has 7 nitrogen and oxygen atoms in total. The van der Waals surface area contributed by atoms with Crippen molar-refractivity contribution >= 4 is 33.3 Å². The Balaban J connectivity index is 1.86. The largest absolute Gasteiger partial charge is 0.478 e. The number of carbonyl (C=O) groups is 1. The monoisotopic (exact) mass is 391 g/mol. The minimum absolute atomic E-state index is 0.0310. The van der Waals surface area contributed by atoms with Crippen molar-refractivity contribution in [3.63, 3.8) is 0 Å². The number of carboxylic acid groups (broad SMARTS) is 1. The molecule has 2 N–H and O–H groups in total. The third-order valence-electron chi connectivity index (χ3n) is 3.62. The minimum Gasteiger partial charge on any atom is -0.478 e. The number of nitrogens with zero attached hydrogens (tertiary/aromatic N) is 2. The molecule has 0 aliphatic heterocycles. The number of hydrogen-bond acceptors (Lipinski definition) is 4. The van der Waals surface area contributed by atoms with Crippen molar-refractivity contribution in [3.05, 3.63) is 71.0 Å². The van der Waals surface area contributed by atoms with Crippen LogP contribution in [0.25, 0.3) is 5.69 Å². The van der Waals surface area contributed by atoms with E-state index in [1.54, 1.807) is 0 Å². The van der Waals surface area contributed by atoms with Crippen molar-refractivity contribution in [2.75, 3.05) is 4.72 Å². The van der Waals surface area contributed by atoms with E-state index in [0.717, 1.165) is 11.3 Å². The van der Waals surface area contributed by atoms with Gasteiger partial charge < -0.3 is 5.11 Å². The molecular formula is C17H14ClN3O4S. The second-order valence-electron chi connectivity index (χ2n) is 5.56. The van der Waals surface area contributed by atoms with Crippen molar-refractivity contribution in [3.8, 4) is 5.69 Å². The van der Waals surface area contributed by atoms with E-state index in [0.29, 0.717) is 0 Å². The first-order valence-electron chi connectivity index (χ1n) is 7.44. The SMILES string of the molecule is Cc1ccc(-n2cc(S(=O)(=O)Nc3ccc(C(=O)O)c(Cl)c3)cn2)cc1. The Morgan fingerprint density at radius 2 is 1.88 bits per heavy atom. The Hall–Kier alpha value is -2.84. The van der Waals surface area contributed by atoms with Crippen LogP contribution in [-0.4, -0.2) is 29.3 Å². The zero-order chi connectivity index (χ0) is 18.9. The van der Waals surface area contributed by atoms with Crippen LogP contribution >= 0.6 is 11.6 Å². The summed E-state index contributed by atoms with van der Waals surface area (Å²) in [5.41, 5.74) is 1.85. The predicted octanol–water partition coefficient (Wildman–Crippen LogP) is 3.33. The number of rotatable bonds is 5. The Kier molecular flexibility index (Phi) is 4.71. The third kappa shape index (κ3) is 3.71. The molecular weight excluding hydrogens is 378 g/mol. The van der Waals surface area contributed by atoms with Crippen LogP contribution in [0, 0.1) is 6.92 Å². The zero-order valence-electron chi connectivity index (χ0n) is 13.5. The van der Waals surface area contributed by atoms with E-state index < -0.39 is 16.0 Å². The van der Waals surface area contributed by atoms with Crippen LogP contribution < -0.4 is 4.72 Å². The van der Waals surface area contributed by atoms with Crippen LogP contribution in [0.5, 0.6) is 0 Å². The van der Waals surface area contributed by atoms with E-state index in [9.17, 15) is 13.2 Å². The van der Waals surface area contributed by atoms with Crippen molar-refractivity contribution in [1.82, 2.24) is 9.78 Å². The normalized spacial score (nSPS) is 11.3. The van der Waals surface area contributed by atoms with Gasteiger partial charge in [0.05, 0.1) is 34.4 Å². The number of aryl methyl sites for hydroxylation is 1. The second kappa shape index (κ2) is 6.81. The number of hydrogen-bond donors (Lipinski definition) is 2. The van der Waals surface area contributed by atoms with Gasteiger partial charge in [-0.1, -0.05) is 29.3 Å². The highest BCUT2D eigenvalue weighted by atomic mass is 35.5. The maximum Gasteiger partial charge on any atom is 0.337 e. The number of aromatic carboxylic acids is 1. The highest BCUT2D eigenvalue weighted by molar-refractivity contribution is 7.92. The van der Waals surface area contributed by atoms with Gasteiger partial charge in [-0.05, 0) is 37.3 Å². The zero-order valence-corrected chi connectivity index (χ0v) is 15.1. The van der Waals surface area contributed by atoms with Crippen molar-refractivity contribution < 1.29 is 18.3 Å². The highest BCUT2D eigenvalue weighted by Gasteiger charge is 2.18. The maximum atomic E-state index is 12.5. The Morgan fingerprint density at radius 3 is 2.50 bits per heavy atom. The van der Waals surface area contributed by atoms with Gasteiger partial charge in [0, 0.05) is 0 Å². The second-order valence-corrected chi connectivity index (χ2v) is 7.65. The summed E-state index contributed by atoms with van der Waals surface area (Å²) < 4.78 is 28.8. The number of carboxylic acids is 1. The van der Waals surface area contributed by atoms with Crippen molar-refractivity contribution in [2.45, 2.75) is 11.8 Å². The van der Waals surface area contributed by atoms with E-state index in [1.165, 1.54) is 35.3 Å². The first-order chi connectivity index (χ1) is 12.3. The van der Waals surface area contributed by atoms with E-state index in [1.807, 2.05) is 31.2 Å². The molecule has 0 fully saturated rings. The van der Waals surface area contributed by atoms with Crippen LogP contribution in [0.1, 0.15) is 15.9 Å². The van der Waals surface area contributed by atoms with Gasteiger partial charge in [0.2, 0.25) is 0 Å². The smallest absolute Gasteiger partial charge is 0.337 e. The molecule has 9 heteroatoms. The lowest BCUT2D eigenvalue weighted by molar-refractivity contribution is 0.0697. The van der Waals surface area contributed by atoms with Gasteiger partial charge in [0.25, 0.3) is 10.0 Å². The van der Waals surface area contributed by atoms with Gasteiger partial charge in [-0.25, -0.2) is 17.9 Å². The van der Waals surface area contributed by atoms with E-state index in [4.69, 9.17) is 16.7 Å². The fourth-order valence-corrected chi connectivity index (χ4v) is 3.49. The molecule has 3 rings (SSSR count). The molecule has 0 atom stereocenters. The summed E-state index contributed by atoms with van der Waals surface area (Å²) in [5, 5.41) is 13.0. The topological polar surface area (TPSA) is 101 Å². The Labute approximate surface area is 154 Å². The number of sulfonamides is 1. The lowest BCUT2D eigenvalue weighted by Crippen LogP contribution is -2.12. The fraction of sp³-hybridized carbons (Fsp3) is 0.0588. The number of aromatic nitrogens is 2. The molecule has 2 aromatic carbocycles. The summed E-state index contributed by atoms with van der Waals surface area (Å²) in [6.45, 7) is 1.95. The highest BCUT2D eigenvalue weighted by Crippen LogP contribution is 2.23. The Bertz CT molecular complexity index is 1080. The first-order valence-corrected chi connectivity index (χ1v) is 9.30. The average molecular weight is 392 g/mol. The third-order valence-corrected chi connectivity index (χ3v) is 5.27. The molecule has 0 amide bonds. The average Bonchev–Trinajstić information content (AvgIpc) is 3.06. The van der Waals surface area contributed by atoms with Gasteiger partial charge in [0.1, 0.15) is 4.90 Å². The Morgan fingerprint density at radius 1 is 1.19 bits per heavy atom. The van der Waals surface area contributed by atoms with Crippen LogP contribution in [0.4, 0.5) is 5.69 Å². The van der Waals surface area contributed by atoms with Gasteiger partial charge in [-0.15, -0.1) is 0 Å². The molecule has 0 bridgehead atoms. The lowest BCUT2D eigenvalue weighted by atomic mass is 10.2. The molecule has 3 aromatic rings. The standard InChI is InChI=1S/C17H14ClN3O4S/c1-11-2-5-13(6-3-11)21-10-14(9-19-21)26(24,25)20-12-4-7-15(17(22)23)16(18)8-12/h2-10,20H,1H3,(H,22,23). The van der Waals surface area contributed by atoms with Gasteiger partial charge in [-0.3, -0.25) is 4.72 Å². The molecule has 1 aromatic heterocycles. The van der Waals surface area contributed by atoms with Crippen LogP contribution in [0.3, 0.4) is 0 Å². The quantitative estimate of drug-likeness (QED) is 0.694. The summed E-state index contributed by atoms with van der Waals surface area (Å²) in [7, 11) is -3.90. The van der Waals surface area contributed by atoms with Crippen LogP contribution in [0.2, 0.25) is 5.02 Å². The molecule has 1 heterocycles. The summed E-state index contributed by atoms with van der Waals surface area (Å²) >= 11 is 5.86. The van der Waals surface area contributed by atoms with E-state index in [-0.39, 0.29) is 21.2 Å². The molecule has 0 unspecified atom stereocenters. The van der Waals surface area contributed by atoms with Gasteiger partial charge in [-0.2, -0.15) is 5.10 Å².